The number of methoxy groups -OCH3 is 1. The van der Waals surface area contributed by atoms with Gasteiger partial charge in [0.25, 0.3) is 11.6 Å². The molecule has 26 heavy (non-hydrogen) atoms. The van der Waals surface area contributed by atoms with E-state index in [0.717, 1.165) is 0 Å². The summed E-state index contributed by atoms with van der Waals surface area (Å²) in [6.07, 6.45) is 0. The summed E-state index contributed by atoms with van der Waals surface area (Å²) in [4.78, 5) is 32.8. The molecule has 2 aromatic carbocycles. The van der Waals surface area contributed by atoms with E-state index in [2.05, 4.69) is 5.32 Å². The normalized spacial score (nSPS) is 10.1. The van der Waals surface area contributed by atoms with Gasteiger partial charge in [-0.15, -0.1) is 0 Å². The molecule has 0 aliphatic heterocycles. The number of aryl methyl sites for hydroxylation is 1. The van der Waals surface area contributed by atoms with E-state index in [1.54, 1.807) is 13.0 Å². The fourth-order valence-electron chi connectivity index (χ4n) is 2.12. The van der Waals surface area contributed by atoms with Crippen molar-refractivity contribution in [1.82, 2.24) is 0 Å². The van der Waals surface area contributed by atoms with Crippen molar-refractivity contribution in [1.29, 1.82) is 0 Å². The lowest BCUT2D eigenvalue weighted by atomic mass is 10.2. The zero-order valence-corrected chi connectivity index (χ0v) is 13.9. The highest BCUT2D eigenvalue weighted by Gasteiger charge is 2.19. The van der Waals surface area contributed by atoms with Crippen LogP contribution in [0.5, 0.6) is 11.5 Å². The maximum atomic E-state index is 12.0. The Morgan fingerprint density at radius 3 is 2.38 bits per heavy atom. The van der Waals surface area contributed by atoms with Crippen LogP contribution in [-0.4, -0.2) is 29.5 Å². The molecular formula is C16H15N3O7. The average Bonchev–Trinajstić information content (AvgIpc) is 2.60. The zero-order valence-electron chi connectivity index (χ0n) is 13.9. The zero-order chi connectivity index (χ0) is 19.3. The standard InChI is InChI=1S/C16H15N3O7/c1-10-3-6-15(14(7-10)19(23)24)26-9-16(20)17-12-5-4-11(25-2)8-13(12)18(21)22/h3-8H,9H2,1-2H3,(H,17,20). The van der Waals surface area contributed by atoms with Gasteiger partial charge < -0.3 is 14.8 Å². The maximum absolute atomic E-state index is 12.0. The minimum atomic E-state index is -0.701. The van der Waals surface area contributed by atoms with Gasteiger partial charge in [-0.3, -0.25) is 25.0 Å². The molecule has 2 aromatic rings. The van der Waals surface area contributed by atoms with Gasteiger partial charge in [0.15, 0.2) is 12.4 Å². The van der Waals surface area contributed by atoms with Crippen molar-refractivity contribution in [2.75, 3.05) is 19.0 Å². The molecule has 0 bridgehead atoms. The predicted molar refractivity (Wildman–Crippen MR) is 91.6 cm³/mol. The Morgan fingerprint density at radius 1 is 1.08 bits per heavy atom. The monoisotopic (exact) mass is 361 g/mol. The van der Waals surface area contributed by atoms with Crippen molar-refractivity contribution in [3.05, 3.63) is 62.2 Å². The lowest BCUT2D eigenvalue weighted by Gasteiger charge is -2.09. The van der Waals surface area contributed by atoms with E-state index < -0.39 is 22.4 Å². The van der Waals surface area contributed by atoms with Crippen molar-refractivity contribution in [2.45, 2.75) is 6.92 Å². The lowest BCUT2D eigenvalue weighted by molar-refractivity contribution is -0.385. The summed E-state index contributed by atoms with van der Waals surface area (Å²) in [5.41, 5.74) is 0.0115. The van der Waals surface area contributed by atoms with Crippen LogP contribution in [0.2, 0.25) is 0 Å². The molecular weight excluding hydrogens is 346 g/mol. The first-order valence-corrected chi connectivity index (χ1v) is 7.32. The summed E-state index contributed by atoms with van der Waals surface area (Å²) < 4.78 is 10.1. The smallest absolute Gasteiger partial charge is 0.311 e. The van der Waals surface area contributed by atoms with E-state index in [9.17, 15) is 25.0 Å². The number of nitro benzene ring substituents is 2. The van der Waals surface area contributed by atoms with Crippen LogP contribution in [0.15, 0.2) is 36.4 Å². The van der Waals surface area contributed by atoms with Crippen LogP contribution in [-0.2, 0) is 4.79 Å². The molecule has 0 aromatic heterocycles. The Kier molecular flexibility index (Phi) is 5.68. The molecule has 0 fully saturated rings. The Balaban J connectivity index is 2.11. The summed E-state index contributed by atoms with van der Waals surface area (Å²) in [6.45, 7) is 1.14. The lowest BCUT2D eigenvalue weighted by Crippen LogP contribution is -2.21. The number of carbonyl (C=O) groups is 1. The molecule has 136 valence electrons. The maximum Gasteiger partial charge on any atom is 0.311 e. The highest BCUT2D eigenvalue weighted by molar-refractivity contribution is 5.94. The number of rotatable bonds is 7. The van der Waals surface area contributed by atoms with Gasteiger partial charge in [-0.05, 0) is 30.7 Å². The minimum Gasteiger partial charge on any atom is -0.496 e. The molecule has 0 unspecified atom stereocenters. The van der Waals surface area contributed by atoms with Crippen molar-refractivity contribution in [2.24, 2.45) is 0 Å². The first-order valence-electron chi connectivity index (χ1n) is 7.32. The quantitative estimate of drug-likeness (QED) is 0.592. The Hall–Kier alpha value is -3.69. The molecule has 0 heterocycles. The molecule has 0 aliphatic carbocycles. The number of benzene rings is 2. The van der Waals surface area contributed by atoms with E-state index in [1.807, 2.05) is 0 Å². The van der Waals surface area contributed by atoms with E-state index in [1.165, 1.54) is 37.4 Å². The summed E-state index contributed by atoms with van der Waals surface area (Å²) in [5.74, 6) is -0.505. The number of amides is 1. The molecule has 1 amide bonds. The van der Waals surface area contributed by atoms with Crippen molar-refractivity contribution in [3.8, 4) is 11.5 Å². The second-order valence-electron chi connectivity index (χ2n) is 5.21. The number of nitrogens with zero attached hydrogens (tertiary/aromatic N) is 2. The molecule has 10 nitrogen and oxygen atoms in total. The molecule has 0 saturated carbocycles. The van der Waals surface area contributed by atoms with E-state index >= 15 is 0 Å². The predicted octanol–water partition coefficient (Wildman–Crippen LogP) is 2.84. The van der Waals surface area contributed by atoms with Gasteiger partial charge in [0.1, 0.15) is 11.4 Å². The Morgan fingerprint density at radius 2 is 1.77 bits per heavy atom. The molecule has 1 N–H and O–H groups in total. The number of nitro groups is 2. The highest BCUT2D eigenvalue weighted by Crippen LogP contribution is 2.30. The number of anilines is 1. The summed E-state index contributed by atoms with van der Waals surface area (Å²) in [7, 11) is 1.36. The van der Waals surface area contributed by atoms with Crippen LogP contribution in [0.4, 0.5) is 17.1 Å². The van der Waals surface area contributed by atoms with Gasteiger partial charge in [-0.1, -0.05) is 6.07 Å². The van der Waals surface area contributed by atoms with E-state index in [0.29, 0.717) is 5.56 Å². The van der Waals surface area contributed by atoms with E-state index in [-0.39, 0.29) is 28.6 Å². The number of ether oxygens (including phenoxy) is 2. The molecule has 0 spiro atoms. The first-order chi connectivity index (χ1) is 12.3. The second kappa shape index (κ2) is 7.92. The third-order valence-corrected chi connectivity index (χ3v) is 3.35. The fraction of sp³-hybridized carbons (Fsp3) is 0.188. The summed E-state index contributed by atoms with van der Waals surface area (Å²) >= 11 is 0. The number of hydrogen-bond acceptors (Lipinski definition) is 7. The molecule has 10 heteroatoms. The second-order valence-corrected chi connectivity index (χ2v) is 5.21. The Bertz CT molecular complexity index is 867. The van der Waals surface area contributed by atoms with Gasteiger partial charge in [-0.25, -0.2) is 0 Å². The average molecular weight is 361 g/mol. The minimum absolute atomic E-state index is 0.0391. The van der Waals surface area contributed by atoms with Gasteiger partial charge >= 0.3 is 5.69 Å². The third kappa shape index (κ3) is 4.44. The van der Waals surface area contributed by atoms with E-state index in [4.69, 9.17) is 9.47 Å². The molecule has 0 radical (unpaired) electrons. The van der Waals surface area contributed by atoms with Gasteiger partial charge in [0.2, 0.25) is 0 Å². The largest absolute Gasteiger partial charge is 0.496 e. The first kappa shape index (κ1) is 18.6. The molecule has 0 saturated heterocycles. The SMILES string of the molecule is COc1ccc(NC(=O)COc2ccc(C)cc2[N+](=O)[O-])c([N+](=O)[O-])c1. The number of nitrogens with one attached hydrogen (secondary N) is 1. The fourth-order valence-corrected chi connectivity index (χ4v) is 2.12. The van der Waals surface area contributed by atoms with Gasteiger partial charge in [-0.2, -0.15) is 0 Å². The van der Waals surface area contributed by atoms with Crippen molar-refractivity contribution >= 4 is 23.0 Å². The van der Waals surface area contributed by atoms with Crippen LogP contribution in [0, 0.1) is 27.2 Å². The van der Waals surface area contributed by atoms with Crippen molar-refractivity contribution in [3.63, 3.8) is 0 Å². The van der Waals surface area contributed by atoms with Crippen LogP contribution < -0.4 is 14.8 Å². The highest BCUT2D eigenvalue weighted by atomic mass is 16.6. The van der Waals surface area contributed by atoms with Crippen LogP contribution in [0.25, 0.3) is 0 Å². The summed E-state index contributed by atoms with van der Waals surface area (Å²) in [6, 6.07) is 8.26. The topological polar surface area (TPSA) is 134 Å². The third-order valence-electron chi connectivity index (χ3n) is 3.35. The molecule has 2 rings (SSSR count). The number of carbonyl (C=O) groups excluding carboxylic acids is 1. The Labute approximate surface area is 147 Å². The summed E-state index contributed by atoms with van der Waals surface area (Å²) in [5, 5.41) is 24.5. The van der Waals surface area contributed by atoms with Crippen LogP contribution >= 0.6 is 0 Å². The molecule has 0 atom stereocenters. The van der Waals surface area contributed by atoms with Crippen molar-refractivity contribution < 1.29 is 24.1 Å². The number of hydrogen-bond donors (Lipinski definition) is 1. The molecule has 0 aliphatic rings. The van der Waals surface area contributed by atoms with Gasteiger partial charge in [0.05, 0.1) is 23.0 Å². The van der Waals surface area contributed by atoms with Crippen LogP contribution in [0.1, 0.15) is 5.56 Å². The van der Waals surface area contributed by atoms with Gasteiger partial charge in [0, 0.05) is 6.07 Å². The van der Waals surface area contributed by atoms with Crippen LogP contribution in [0.3, 0.4) is 0 Å².